The molecule has 8 nitrogen and oxygen atoms in total. The molecule has 0 aliphatic carbocycles. The number of nitrogens with one attached hydrogen (secondary N) is 1. The highest BCUT2D eigenvalue weighted by molar-refractivity contribution is 7.91. The molecule has 1 atom stereocenters. The molecule has 1 saturated heterocycles. The van der Waals surface area contributed by atoms with Gasteiger partial charge in [0.1, 0.15) is 5.75 Å². The second-order valence-electron chi connectivity index (χ2n) is 6.48. The van der Waals surface area contributed by atoms with Gasteiger partial charge in [0, 0.05) is 5.56 Å². The molecule has 26 heavy (non-hydrogen) atoms. The third-order valence-corrected chi connectivity index (χ3v) is 5.83. The summed E-state index contributed by atoms with van der Waals surface area (Å²) in [5, 5.41) is 2.59. The van der Waals surface area contributed by atoms with Gasteiger partial charge >= 0.3 is 5.97 Å². The number of ether oxygens (including phenoxy) is 2. The zero-order valence-corrected chi connectivity index (χ0v) is 15.4. The van der Waals surface area contributed by atoms with Gasteiger partial charge in [0.15, 0.2) is 28.8 Å². The Morgan fingerprint density at radius 2 is 1.81 bits per heavy atom. The van der Waals surface area contributed by atoms with Crippen molar-refractivity contribution in [1.29, 1.82) is 0 Å². The minimum absolute atomic E-state index is 0.0276. The number of esters is 1. The van der Waals surface area contributed by atoms with Crippen molar-refractivity contribution >= 4 is 27.5 Å². The summed E-state index contributed by atoms with van der Waals surface area (Å²) in [5.41, 5.74) is -0.309. The zero-order chi connectivity index (χ0) is 19.4. The predicted molar refractivity (Wildman–Crippen MR) is 92.7 cm³/mol. The Balaban J connectivity index is 1.73. The van der Waals surface area contributed by atoms with Crippen LogP contribution in [0, 0.1) is 0 Å². The van der Waals surface area contributed by atoms with E-state index in [1.807, 2.05) is 0 Å². The molecule has 1 N–H and O–H groups in total. The Morgan fingerprint density at radius 1 is 1.15 bits per heavy atom. The molecule has 0 bridgehead atoms. The molecule has 1 aromatic rings. The number of carbonyl (C=O) groups excluding carboxylic acids is 3. The molecule has 9 heteroatoms. The highest BCUT2D eigenvalue weighted by Gasteiger charge is 2.39. The van der Waals surface area contributed by atoms with Crippen LogP contribution in [-0.2, 0) is 24.2 Å². The van der Waals surface area contributed by atoms with Gasteiger partial charge in [0.05, 0.1) is 17.0 Å². The van der Waals surface area contributed by atoms with Gasteiger partial charge in [-0.05, 0) is 44.5 Å². The van der Waals surface area contributed by atoms with E-state index in [0.717, 1.165) is 0 Å². The van der Waals surface area contributed by atoms with Gasteiger partial charge in [0.25, 0.3) is 5.91 Å². The van der Waals surface area contributed by atoms with Crippen LogP contribution in [0.15, 0.2) is 24.3 Å². The van der Waals surface area contributed by atoms with E-state index < -0.39 is 40.5 Å². The molecule has 0 radical (unpaired) electrons. The van der Waals surface area contributed by atoms with Crippen LogP contribution in [0.3, 0.4) is 0 Å². The number of ketones is 1. The number of hydrogen-bond donors (Lipinski definition) is 1. The lowest BCUT2D eigenvalue weighted by Gasteiger charge is -2.23. The maximum absolute atomic E-state index is 11.8. The second-order valence-corrected chi connectivity index (χ2v) is 8.66. The summed E-state index contributed by atoms with van der Waals surface area (Å²) >= 11 is 0. The lowest BCUT2D eigenvalue weighted by Crippen LogP contribution is -2.48. The number of Topliss-reactive ketones (excluding diaryl/α,β-unsaturated/α-hetero) is 1. The van der Waals surface area contributed by atoms with Gasteiger partial charge < -0.3 is 14.8 Å². The standard InChI is InChI=1S/C17H21NO7S/c1-12(19)13-3-5-14(6-4-13)24-10-16(21)25-9-15(20)18-17(2)7-8-26(22,23)11-17/h3-6H,7-11H2,1-2H3,(H,18,20)/t17-/m0/s1. The van der Waals surface area contributed by atoms with Crippen LogP contribution in [0.2, 0.25) is 0 Å². The van der Waals surface area contributed by atoms with Crippen molar-refractivity contribution in [2.45, 2.75) is 25.8 Å². The largest absolute Gasteiger partial charge is 0.482 e. The quantitative estimate of drug-likeness (QED) is 0.538. The Kier molecular flexibility index (Phi) is 6.01. The normalized spacial score (nSPS) is 21.0. The molecule has 1 amide bonds. The first kappa shape index (κ1) is 19.9. The Bertz CT molecular complexity index is 801. The zero-order valence-electron chi connectivity index (χ0n) is 14.6. The summed E-state index contributed by atoms with van der Waals surface area (Å²) in [4.78, 5) is 34.6. The number of sulfone groups is 1. The third kappa shape index (κ3) is 5.83. The SMILES string of the molecule is CC(=O)c1ccc(OCC(=O)OCC(=O)N[C@@]2(C)CCS(=O)(=O)C2)cc1. The molecule has 1 fully saturated rings. The smallest absolute Gasteiger partial charge is 0.344 e. The number of hydrogen-bond acceptors (Lipinski definition) is 7. The minimum atomic E-state index is -3.14. The van der Waals surface area contributed by atoms with E-state index in [0.29, 0.717) is 17.7 Å². The van der Waals surface area contributed by atoms with Gasteiger partial charge in [-0.1, -0.05) is 0 Å². The average Bonchev–Trinajstić information content (AvgIpc) is 2.84. The van der Waals surface area contributed by atoms with E-state index in [-0.39, 0.29) is 17.3 Å². The summed E-state index contributed by atoms with van der Waals surface area (Å²) in [5.74, 6) is -1.09. The molecule has 1 aliphatic rings. The summed E-state index contributed by atoms with van der Waals surface area (Å²) in [6.45, 7) is 2.18. The summed E-state index contributed by atoms with van der Waals surface area (Å²) in [7, 11) is -3.14. The fourth-order valence-corrected chi connectivity index (χ4v) is 4.69. The topological polar surface area (TPSA) is 116 Å². The lowest BCUT2D eigenvalue weighted by atomic mass is 10.0. The van der Waals surface area contributed by atoms with Crippen LogP contribution in [0.4, 0.5) is 0 Å². The summed E-state index contributed by atoms with van der Waals surface area (Å²) < 4.78 is 33.0. The molecule has 1 heterocycles. The van der Waals surface area contributed by atoms with Crippen LogP contribution in [0.1, 0.15) is 30.6 Å². The van der Waals surface area contributed by atoms with Crippen molar-refractivity contribution in [1.82, 2.24) is 5.32 Å². The van der Waals surface area contributed by atoms with Crippen molar-refractivity contribution in [3.8, 4) is 5.75 Å². The highest BCUT2D eigenvalue weighted by Crippen LogP contribution is 2.22. The summed E-state index contributed by atoms with van der Waals surface area (Å²) in [6.07, 6.45) is 0.328. The Labute approximate surface area is 151 Å². The molecule has 2 rings (SSSR count). The van der Waals surface area contributed by atoms with Crippen molar-refractivity contribution in [2.75, 3.05) is 24.7 Å². The molecule has 142 valence electrons. The van der Waals surface area contributed by atoms with Gasteiger partial charge in [0.2, 0.25) is 0 Å². The van der Waals surface area contributed by atoms with Crippen molar-refractivity contribution in [2.24, 2.45) is 0 Å². The maximum atomic E-state index is 11.8. The Hall–Kier alpha value is -2.42. The second kappa shape index (κ2) is 7.86. The van der Waals surface area contributed by atoms with Crippen molar-refractivity contribution < 1.29 is 32.3 Å². The minimum Gasteiger partial charge on any atom is -0.482 e. The molecule has 1 aliphatic heterocycles. The Morgan fingerprint density at radius 3 is 2.35 bits per heavy atom. The molecule has 0 spiro atoms. The van der Waals surface area contributed by atoms with E-state index >= 15 is 0 Å². The highest BCUT2D eigenvalue weighted by atomic mass is 32.2. The first-order chi connectivity index (χ1) is 12.1. The van der Waals surface area contributed by atoms with Crippen molar-refractivity contribution in [3.05, 3.63) is 29.8 Å². The lowest BCUT2D eigenvalue weighted by molar-refractivity contribution is -0.150. The monoisotopic (exact) mass is 383 g/mol. The number of benzene rings is 1. The van der Waals surface area contributed by atoms with E-state index in [9.17, 15) is 22.8 Å². The molecule has 0 aromatic heterocycles. The van der Waals surface area contributed by atoms with Crippen LogP contribution >= 0.6 is 0 Å². The fraction of sp³-hybridized carbons (Fsp3) is 0.471. The number of carbonyl (C=O) groups is 3. The van der Waals surface area contributed by atoms with E-state index in [4.69, 9.17) is 9.47 Å². The van der Waals surface area contributed by atoms with Crippen molar-refractivity contribution in [3.63, 3.8) is 0 Å². The molecule has 0 saturated carbocycles. The summed E-state index contributed by atoms with van der Waals surface area (Å²) in [6, 6.07) is 6.26. The van der Waals surface area contributed by atoms with Crippen LogP contribution < -0.4 is 10.1 Å². The van der Waals surface area contributed by atoms with E-state index in [1.165, 1.54) is 6.92 Å². The molecular weight excluding hydrogens is 362 g/mol. The van der Waals surface area contributed by atoms with Crippen LogP contribution in [0.25, 0.3) is 0 Å². The fourth-order valence-electron chi connectivity index (χ4n) is 2.60. The number of rotatable bonds is 7. The third-order valence-electron chi connectivity index (χ3n) is 3.93. The average molecular weight is 383 g/mol. The van der Waals surface area contributed by atoms with Crippen LogP contribution in [-0.4, -0.2) is 56.3 Å². The first-order valence-electron chi connectivity index (χ1n) is 7.99. The first-order valence-corrected chi connectivity index (χ1v) is 9.82. The molecular formula is C17H21NO7S. The predicted octanol–water partition coefficient (Wildman–Crippen LogP) is 0.505. The number of amides is 1. The van der Waals surface area contributed by atoms with E-state index in [2.05, 4.69) is 5.32 Å². The van der Waals surface area contributed by atoms with Gasteiger partial charge in [-0.2, -0.15) is 0 Å². The molecule has 1 aromatic carbocycles. The van der Waals surface area contributed by atoms with Gasteiger partial charge in [-0.15, -0.1) is 0 Å². The van der Waals surface area contributed by atoms with E-state index in [1.54, 1.807) is 31.2 Å². The van der Waals surface area contributed by atoms with Crippen LogP contribution in [0.5, 0.6) is 5.75 Å². The molecule has 0 unspecified atom stereocenters. The van der Waals surface area contributed by atoms with Gasteiger partial charge in [-0.25, -0.2) is 13.2 Å². The maximum Gasteiger partial charge on any atom is 0.344 e. The van der Waals surface area contributed by atoms with Gasteiger partial charge in [-0.3, -0.25) is 9.59 Å².